The quantitative estimate of drug-likeness (QED) is 0.762. The number of methoxy groups -OCH3 is 1. The van der Waals surface area contributed by atoms with E-state index in [-0.39, 0.29) is 0 Å². The monoisotopic (exact) mass is 256 g/mol. The van der Waals surface area contributed by atoms with Gasteiger partial charge in [-0.15, -0.1) is 0 Å². The summed E-state index contributed by atoms with van der Waals surface area (Å²) >= 11 is 1.50. The molecule has 3 aromatic rings. The van der Waals surface area contributed by atoms with Crippen LogP contribution in [-0.2, 0) is 0 Å². The fraction of sp³-hybridized carbons (Fsp3) is 0.0714. The first-order valence-corrected chi connectivity index (χ1v) is 6.37. The van der Waals surface area contributed by atoms with Crippen LogP contribution >= 0.6 is 11.3 Å². The minimum Gasteiger partial charge on any atom is -0.497 e. The van der Waals surface area contributed by atoms with Gasteiger partial charge in [0.15, 0.2) is 5.13 Å². The summed E-state index contributed by atoms with van der Waals surface area (Å²) < 4.78 is 5.22. The van der Waals surface area contributed by atoms with Crippen molar-refractivity contribution in [3.8, 4) is 16.2 Å². The fourth-order valence-corrected chi connectivity index (χ4v) is 2.61. The van der Waals surface area contributed by atoms with Gasteiger partial charge in [-0.2, -0.15) is 0 Å². The highest BCUT2D eigenvalue weighted by Crippen LogP contribution is 2.30. The van der Waals surface area contributed by atoms with E-state index in [1.54, 1.807) is 7.11 Å². The van der Waals surface area contributed by atoms with Gasteiger partial charge in [0.05, 0.1) is 12.0 Å². The first-order chi connectivity index (χ1) is 8.76. The van der Waals surface area contributed by atoms with Crippen molar-refractivity contribution in [3.05, 3.63) is 42.6 Å². The predicted molar refractivity (Wildman–Crippen MR) is 76.0 cm³/mol. The Morgan fingerprint density at radius 2 is 1.89 bits per heavy atom. The lowest BCUT2D eigenvalue weighted by Gasteiger charge is -2.04. The summed E-state index contributed by atoms with van der Waals surface area (Å²) in [5.41, 5.74) is 6.80. The molecule has 0 radical (unpaired) electrons. The van der Waals surface area contributed by atoms with E-state index in [0.717, 1.165) is 21.6 Å². The van der Waals surface area contributed by atoms with Crippen LogP contribution in [0.4, 0.5) is 5.13 Å². The lowest BCUT2D eigenvalue weighted by Crippen LogP contribution is -1.82. The van der Waals surface area contributed by atoms with Crippen molar-refractivity contribution in [2.24, 2.45) is 0 Å². The van der Waals surface area contributed by atoms with Crippen molar-refractivity contribution in [2.75, 3.05) is 12.8 Å². The van der Waals surface area contributed by atoms with E-state index in [1.165, 1.54) is 16.7 Å². The Kier molecular flexibility index (Phi) is 2.64. The normalized spacial score (nSPS) is 10.7. The van der Waals surface area contributed by atoms with E-state index in [0.29, 0.717) is 5.13 Å². The number of aromatic nitrogens is 1. The molecule has 0 saturated carbocycles. The predicted octanol–water partition coefficient (Wildman–Crippen LogP) is 3.55. The molecule has 3 nitrogen and oxygen atoms in total. The highest BCUT2D eigenvalue weighted by atomic mass is 32.1. The number of nitrogens with zero attached hydrogens (tertiary/aromatic N) is 1. The van der Waals surface area contributed by atoms with Crippen LogP contribution in [0.5, 0.6) is 5.75 Å². The van der Waals surface area contributed by atoms with E-state index >= 15 is 0 Å². The van der Waals surface area contributed by atoms with E-state index in [4.69, 9.17) is 10.5 Å². The van der Waals surface area contributed by atoms with Gasteiger partial charge in [0.25, 0.3) is 0 Å². The Labute approximate surface area is 109 Å². The largest absolute Gasteiger partial charge is 0.497 e. The minimum absolute atomic E-state index is 0.597. The summed E-state index contributed by atoms with van der Waals surface area (Å²) in [7, 11) is 1.68. The van der Waals surface area contributed by atoms with Crippen molar-refractivity contribution in [1.29, 1.82) is 0 Å². The first-order valence-electron chi connectivity index (χ1n) is 5.56. The SMILES string of the molecule is COc1ccc2cc(-c3cnc(N)s3)ccc2c1. The molecule has 18 heavy (non-hydrogen) atoms. The molecule has 0 aliphatic heterocycles. The Morgan fingerprint density at radius 1 is 1.11 bits per heavy atom. The number of rotatable bonds is 2. The van der Waals surface area contributed by atoms with Gasteiger partial charge in [0.2, 0.25) is 0 Å². The molecule has 2 N–H and O–H groups in total. The maximum atomic E-state index is 5.66. The number of nitrogens with two attached hydrogens (primary N) is 1. The van der Waals surface area contributed by atoms with Crippen LogP contribution in [-0.4, -0.2) is 12.1 Å². The third-order valence-electron chi connectivity index (χ3n) is 2.86. The molecule has 4 heteroatoms. The molecule has 1 heterocycles. The summed E-state index contributed by atoms with van der Waals surface area (Å²) in [5.74, 6) is 0.872. The molecule has 0 spiro atoms. The zero-order valence-corrected chi connectivity index (χ0v) is 10.7. The number of fused-ring (bicyclic) bond motifs is 1. The summed E-state index contributed by atoms with van der Waals surface area (Å²) in [6, 6.07) is 12.4. The number of nitrogen functional groups attached to an aromatic ring is 1. The van der Waals surface area contributed by atoms with Gasteiger partial charge in [-0.1, -0.05) is 29.5 Å². The minimum atomic E-state index is 0.597. The van der Waals surface area contributed by atoms with Crippen molar-refractivity contribution < 1.29 is 4.74 Å². The van der Waals surface area contributed by atoms with Crippen LogP contribution < -0.4 is 10.5 Å². The smallest absolute Gasteiger partial charge is 0.180 e. The van der Waals surface area contributed by atoms with E-state index in [9.17, 15) is 0 Å². The lowest BCUT2D eigenvalue weighted by atomic mass is 10.1. The van der Waals surface area contributed by atoms with Crippen molar-refractivity contribution in [1.82, 2.24) is 4.98 Å². The van der Waals surface area contributed by atoms with Gasteiger partial charge in [-0.3, -0.25) is 0 Å². The highest BCUT2D eigenvalue weighted by molar-refractivity contribution is 7.18. The number of ether oxygens (including phenoxy) is 1. The number of thiazole rings is 1. The van der Waals surface area contributed by atoms with Crippen LogP contribution in [0, 0.1) is 0 Å². The molecule has 0 amide bonds. The first kappa shape index (κ1) is 11.0. The van der Waals surface area contributed by atoms with Crippen molar-refractivity contribution >= 4 is 27.2 Å². The van der Waals surface area contributed by atoms with E-state index in [2.05, 4.69) is 29.2 Å². The van der Waals surface area contributed by atoms with Gasteiger partial charge in [-0.05, 0) is 34.5 Å². The number of anilines is 1. The number of benzene rings is 2. The molecule has 0 saturated heterocycles. The van der Waals surface area contributed by atoms with Gasteiger partial charge in [0, 0.05) is 6.20 Å². The molecule has 0 aliphatic rings. The molecule has 0 aliphatic carbocycles. The highest BCUT2D eigenvalue weighted by Gasteiger charge is 2.04. The summed E-state index contributed by atoms with van der Waals surface area (Å²) in [6.07, 6.45) is 1.81. The molecular formula is C14H12N2OS. The van der Waals surface area contributed by atoms with Crippen LogP contribution in [0.1, 0.15) is 0 Å². The van der Waals surface area contributed by atoms with Gasteiger partial charge < -0.3 is 10.5 Å². The second-order valence-corrected chi connectivity index (χ2v) is 5.05. The molecule has 0 bridgehead atoms. The third-order valence-corrected chi connectivity index (χ3v) is 3.73. The molecule has 3 rings (SSSR count). The standard InChI is InChI=1S/C14H12N2OS/c1-17-12-5-4-9-6-11(3-2-10(9)7-12)13-8-16-14(15)18-13/h2-8H,1H3,(H2,15,16). The van der Waals surface area contributed by atoms with Crippen LogP contribution in [0.15, 0.2) is 42.6 Å². The summed E-state index contributed by atoms with van der Waals surface area (Å²) in [6.45, 7) is 0. The molecule has 2 aromatic carbocycles. The van der Waals surface area contributed by atoms with Gasteiger partial charge >= 0.3 is 0 Å². The molecule has 1 aromatic heterocycles. The number of hydrogen-bond donors (Lipinski definition) is 1. The third kappa shape index (κ3) is 1.91. The van der Waals surface area contributed by atoms with Crippen LogP contribution in [0.25, 0.3) is 21.2 Å². The average Bonchev–Trinajstić information content (AvgIpc) is 2.84. The maximum Gasteiger partial charge on any atom is 0.180 e. The Balaban J connectivity index is 2.11. The molecule has 0 fully saturated rings. The van der Waals surface area contributed by atoms with Crippen molar-refractivity contribution in [2.45, 2.75) is 0 Å². The molecular weight excluding hydrogens is 244 g/mol. The second kappa shape index (κ2) is 4.31. The Hall–Kier alpha value is -2.07. The molecule has 90 valence electrons. The number of hydrogen-bond acceptors (Lipinski definition) is 4. The van der Waals surface area contributed by atoms with Crippen LogP contribution in [0.2, 0.25) is 0 Å². The van der Waals surface area contributed by atoms with E-state index in [1.807, 2.05) is 18.3 Å². The summed E-state index contributed by atoms with van der Waals surface area (Å²) in [5, 5.41) is 2.94. The zero-order chi connectivity index (χ0) is 12.5. The molecule has 0 atom stereocenters. The second-order valence-electron chi connectivity index (χ2n) is 3.99. The summed E-state index contributed by atoms with van der Waals surface area (Å²) in [4.78, 5) is 5.16. The maximum absolute atomic E-state index is 5.66. The van der Waals surface area contributed by atoms with E-state index < -0.39 is 0 Å². The van der Waals surface area contributed by atoms with Crippen LogP contribution in [0.3, 0.4) is 0 Å². The average molecular weight is 256 g/mol. The lowest BCUT2D eigenvalue weighted by molar-refractivity contribution is 0.415. The Bertz CT molecular complexity index is 706. The van der Waals surface area contributed by atoms with Gasteiger partial charge in [0.1, 0.15) is 5.75 Å². The van der Waals surface area contributed by atoms with Gasteiger partial charge in [-0.25, -0.2) is 4.98 Å². The Morgan fingerprint density at radius 3 is 2.61 bits per heavy atom. The molecule has 0 unspecified atom stereocenters. The topological polar surface area (TPSA) is 48.1 Å². The fourth-order valence-electron chi connectivity index (χ4n) is 1.93. The zero-order valence-electron chi connectivity index (χ0n) is 9.88. The van der Waals surface area contributed by atoms with Crippen molar-refractivity contribution in [3.63, 3.8) is 0 Å².